The van der Waals surface area contributed by atoms with E-state index in [-0.39, 0.29) is 30.9 Å². The number of methoxy groups -OCH3 is 1. The van der Waals surface area contributed by atoms with Gasteiger partial charge in [0.2, 0.25) is 11.8 Å². The summed E-state index contributed by atoms with van der Waals surface area (Å²) in [5.74, 6) is -1.52. The lowest BCUT2D eigenvalue weighted by Crippen LogP contribution is -2.58. The minimum absolute atomic E-state index is 0.238. The van der Waals surface area contributed by atoms with Crippen LogP contribution in [0.25, 0.3) is 0 Å². The largest absolute Gasteiger partial charge is 0.497 e. The van der Waals surface area contributed by atoms with Crippen molar-refractivity contribution in [3.05, 3.63) is 109 Å². The minimum Gasteiger partial charge on any atom is -0.497 e. The third-order valence-electron chi connectivity index (χ3n) is 9.86. The fraction of sp³-hybridized carbons (Fsp3) is 0.342. The van der Waals surface area contributed by atoms with Crippen LogP contribution in [-0.2, 0) is 25.5 Å². The number of hydrogen-bond acceptors (Lipinski definition) is 7. The van der Waals surface area contributed by atoms with Gasteiger partial charge in [0.1, 0.15) is 23.1 Å². The normalized spacial score (nSPS) is 26.9. The summed E-state index contributed by atoms with van der Waals surface area (Å²) >= 11 is 0. The number of benzene rings is 3. The van der Waals surface area contributed by atoms with Crippen LogP contribution in [-0.4, -0.2) is 84.9 Å². The number of amides is 3. The van der Waals surface area contributed by atoms with Crippen molar-refractivity contribution >= 4 is 29.1 Å². The first kappa shape index (κ1) is 31.7. The lowest BCUT2D eigenvalue weighted by molar-refractivity contribution is -0.144. The minimum atomic E-state index is -1.43. The van der Waals surface area contributed by atoms with Crippen LogP contribution in [0.4, 0.5) is 11.4 Å². The summed E-state index contributed by atoms with van der Waals surface area (Å²) in [4.78, 5) is 49.1. The second-order valence-electron chi connectivity index (χ2n) is 12.5. The smallest absolute Gasteiger partial charge is 0.253 e. The quantitative estimate of drug-likeness (QED) is 0.352. The molecule has 3 aromatic rings. The third-order valence-corrected chi connectivity index (χ3v) is 9.86. The molecule has 6 atom stereocenters. The van der Waals surface area contributed by atoms with Crippen LogP contribution in [0.15, 0.2) is 103 Å². The Bertz CT molecular complexity index is 1730. The molecule has 7 rings (SSSR count). The van der Waals surface area contributed by atoms with E-state index in [1.165, 1.54) is 4.90 Å². The second-order valence-corrected chi connectivity index (χ2v) is 12.5. The van der Waals surface area contributed by atoms with E-state index in [2.05, 4.69) is 0 Å². The first-order valence-corrected chi connectivity index (χ1v) is 16.4. The predicted octanol–water partition coefficient (Wildman–Crippen LogP) is 3.78. The van der Waals surface area contributed by atoms with Crippen LogP contribution in [0.5, 0.6) is 11.5 Å². The fourth-order valence-corrected chi connectivity index (χ4v) is 7.72. The Morgan fingerprint density at radius 2 is 1.50 bits per heavy atom. The number of carbonyl (C=O) groups excluding carboxylic acids is 3. The molecule has 0 aliphatic carbocycles. The number of anilines is 2. The van der Waals surface area contributed by atoms with Crippen molar-refractivity contribution in [2.24, 2.45) is 11.8 Å². The molecule has 2 saturated heterocycles. The van der Waals surface area contributed by atoms with Crippen molar-refractivity contribution in [2.75, 3.05) is 43.2 Å². The second kappa shape index (κ2) is 12.9. The van der Waals surface area contributed by atoms with Crippen molar-refractivity contribution in [1.82, 2.24) is 4.90 Å². The van der Waals surface area contributed by atoms with E-state index in [9.17, 15) is 19.5 Å². The summed E-state index contributed by atoms with van der Waals surface area (Å²) in [6.45, 7) is 2.60. The van der Waals surface area contributed by atoms with Gasteiger partial charge in [0.25, 0.3) is 5.91 Å². The van der Waals surface area contributed by atoms with Gasteiger partial charge in [-0.1, -0.05) is 54.6 Å². The number of carbonyl (C=O) groups is 3. The Morgan fingerprint density at radius 1 is 0.854 bits per heavy atom. The Labute approximate surface area is 279 Å². The molecule has 0 radical (unpaired) electrons. The van der Waals surface area contributed by atoms with Gasteiger partial charge in [-0.15, -0.1) is 0 Å². The van der Waals surface area contributed by atoms with Crippen LogP contribution in [0.3, 0.4) is 0 Å². The number of hydrogen-bond donors (Lipinski definition) is 1. The van der Waals surface area contributed by atoms with Crippen LogP contribution < -0.4 is 19.3 Å². The average molecular weight is 650 g/mol. The summed E-state index contributed by atoms with van der Waals surface area (Å²) in [6, 6.07) is 22.2. The molecule has 2 fully saturated rings. The monoisotopic (exact) mass is 649 g/mol. The first-order chi connectivity index (χ1) is 23.4. The van der Waals surface area contributed by atoms with Gasteiger partial charge in [-0.05, 0) is 67.4 Å². The van der Waals surface area contributed by atoms with Crippen molar-refractivity contribution in [3.8, 4) is 11.5 Å². The highest BCUT2D eigenvalue weighted by Gasteiger charge is 2.72. The van der Waals surface area contributed by atoms with E-state index in [1.807, 2.05) is 85.8 Å². The number of aliphatic hydroxyl groups is 1. The number of rotatable bonds is 9. The molecule has 4 heterocycles. The Morgan fingerprint density at radius 3 is 2.15 bits per heavy atom. The topological polar surface area (TPSA) is 109 Å². The molecule has 4 aliphatic heterocycles. The Kier molecular flexibility index (Phi) is 8.53. The highest BCUT2D eigenvalue weighted by Crippen LogP contribution is 2.54. The molecule has 1 spiro atoms. The van der Waals surface area contributed by atoms with E-state index in [0.29, 0.717) is 42.4 Å². The van der Waals surface area contributed by atoms with Crippen molar-refractivity contribution in [3.63, 3.8) is 0 Å². The molecule has 1 unspecified atom stereocenters. The molecule has 0 saturated carbocycles. The summed E-state index contributed by atoms with van der Waals surface area (Å²) in [7, 11) is 1.58. The third kappa shape index (κ3) is 5.25. The summed E-state index contributed by atoms with van der Waals surface area (Å²) in [6.07, 6.45) is 6.98. The molecule has 48 heavy (non-hydrogen) atoms. The van der Waals surface area contributed by atoms with Gasteiger partial charge in [0.15, 0.2) is 0 Å². The molecule has 3 aromatic carbocycles. The SMILES string of the molecule is CCOc1ccc(N2CC=C[C@H]3O[C@]45C=CCN(c6ccc(OC)cc6)C(=O)C4N([C@@H](CO)Cc4ccccc4)C(=O)[C@@H]5[C@H]3C2=O)cc1. The van der Waals surface area contributed by atoms with Gasteiger partial charge >= 0.3 is 0 Å². The number of likely N-dealkylation sites (tertiary alicyclic amines) is 1. The molecular weight excluding hydrogens is 610 g/mol. The zero-order chi connectivity index (χ0) is 33.4. The molecule has 248 valence electrons. The molecule has 10 heteroatoms. The van der Waals surface area contributed by atoms with Crippen LogP contribution in [0.1, 0.15) is 12.5 Å². The molecular formula is C38H39N3O7. The zero-order valence-corrected chi connectivity index (χ0v) is 27.0. The van der Waals surface area contributed by atoms with Crippen LogP contribution in [0, 0.1) is 11.8 Å². The van der Waals surface area contributed by atoms with Gasteiger partial charge in [0, 0.05) is 24.5 Å². The lowest BCUT2D eigenvalue weighted by atomic mass is 9.77. The molecule has 3 amide bonds. The lowest BCUT2D eigenvalue weighted by Gasteiger charge is -2.38. The van der Waals surface area contributed by atoms with Gasteiger partial charge in [-0.2, -0.15) is 0 Å². The maximum atomic E-state index is 14.9. The van der Waals surface area contributed by atoms with E-state index >= 15 is 0 Å². The number of nitrogens with zero attached hydrogens (tertiary/aromatic N) is 3. The number of ether oxygens (including phenoxy) is 3. The summed E-state index contributed by atoms with van der Waals surface area (Å²) in [5, 5.41) is 10.8. The average Bonchev–Trinajstić information content (AvgIpc) is 3.43. The van der Waals surface area contributed by atoms with E-state index in [4.69, 9.17) is 14.2 Å². The Balaban J connectivity index is 1.31. The van der Waals surface area contributed by atoms with Crippen LogP contribution >= 0.6 is 0 Å². The number of fused-ring (bicyclic) bond motifs is 2. The van der Waals surface area contributed by atoms with E-state index < -0.39 is 35.6 Å². The van der Waals surface area contributed by atoms with Gasteiger partial charge in [-0.3, -0.25) is 14.4 Å². The fourth-order valence-electron chi connectivity index (χ4n) is 7.72. The maximum Gasteiger partial charge on any atom is 0.253 e. The maximum absolute atomic E-state index is 14.9. The standard InChI is InChI=1S/C38H39N3O7/c1-3-47-30-18-14-26(15-19-30)39-21-7-11-31-32(35(39)43)33-36(44)41(28(24-42)23-25-9-5-4-6-10-25)34-37(45)40(22-8-20-38(33,34)48-31)27-12-16-29(46-2)17-13-27/h4-20,28,31-34,42H,3,21-24H2,1-2H3/t28-,31-,32+,33+,34?,38+/m1/s1. The highest BCUT2D eigenvalue weighted by molar-refractivity contribution is 6.07. The van der Waals surface area contributed by atoms with Crippen LogP contribution in [0.2, 0.25) is 0 Å². The Hall–Kier alpha value is -4.93. The van der Waals surface area contributed by atoms with Crippen molar-refractivity contribution in [1.29, 1.82) is 0 Å². The van der Waals surface area contributed by atoms with E-state index in [0.717, 1.165) is 5.56 Å². The number of aliphatic hydroxyl groups excluding tert-OH is 1. The molecule has 10 nitrogen and oxygen atoms in total. The highest BCUT2D eigenvalue weighted by atomic mass is 16.5. The molecule has 0 aromatic heterocycles. The van der Waals surface area contributed by atoms with E-state index in [1.54, 1.807) is 41.2 Å². The van der Waals surface area contributed by atoms with Crippen molar-refractivity contribution in [2.45, 2.75) is 37.1 Å². The molecule has 0 bridgehead atoms. The van der Waals surface area contributed by atoms with Gasteiger partial charge in [-0.25, -0.2) is 0 Å². The zero-order valence-electron chi connectivity index (χ0n) is 27.0. The molecule has 1 N–H and O–H groups in total. The predicted molar refractivity (Wildman–Crippen MR) is 180 cm³/mol. The first-order valence-electron chi connectivity index (χ1n) is 16.4. The summed E-state index contributed by atoms with van der Waals surface area (Å²) in [5.41, 5.74) is 0.778. The van der Waals surface area contributed by atoms with Gasteiger partial charge in [0.05, 0.1) is 44.3 Å². The van der Waals surface area contributed by atoms with Gasteiger partial charge < -0.3 is 34.0 Å². The molecule has 4 aliphatic rings. The van der Waals surface area contributed by atoms with Crippen molar-refractivity contribution < 1.29 is 33.7 Å². The summed E-state index contributed by atoms with van der Waals surface area (Å²) < 4.78 is 17.8.